The minimum absolute atomic E-state index is 0.0271. The second kappa shape index (κ2) is 7.84. The van der Waals surface area contributed by atoms with Crippen LogP contribution in [-0.2, 0) is 9.59 Å². The Kier molecular flexibility index (Phi) is 5.56. The number of aliphatic hydroxyl groups is 1. The Hall–Kier alpha value is -2.47. The SMILES string of the molecule is CC1=Cc2cc3c(cc2=CC1=O)C=C(C)C(=O)C=3CC1CCC(C(C)(O)C(F)(F)F)CC1. The normalized spacial score (nSPS) is 25.3. The maximum Gasteiger partial charge on any atom is 0.417 e. The molecule has 1 atom stereocenters. The van der Waals surface area contributed by atoms with Gasteiger partial charge in [0.25, 0.3) is 0 Å². The predicted molar refractivity (Wildman–Crippen MR) is 118 cm³/mol. The largest absolute Gasteiger partial charge is 0.417 e. The van der Waals surface area contributed by atoms with E-state index in [4.69, 9.17) is 0 Å². The van der Waals surface area contributed by atoms with Crippen LogP contribution in [0.3, 0.4) is 0 Å². The molecular formula is C26H27F3O3. The summed E-state index contributed by atoms with van der Waals surface area (Å²) < 4.78 is 39.6. The first-order valence-electron chi connectivity index (χ1n) is 11.0. The van der Waals surface area contributed by atoms with Gasteiger partial charge in [-0.15, -0.1) is 0 Å². The number of alkyl halides is 3. The number of Topliss-reactive ketones (excluding diaryl/α,β-unsaturated/α-hetero) is 2. The topological polar surface area (TPSA) is 54.4 Å². The Morgan fingerprint density at radius 1 is 0.938 bits per heavy atom. The van der Waals surface area contributed by atoms with E-state index in [0.29, 0.717) is 36.0 Å². The molecule has 1 aromatic carbocycles. The van der Waals surface area contributed by atoms with Gasteiger partial charge < -0.3 is 5.11 Å². The molecule has 3 aliphatic rings. The number of fused-ring (bicyclic) bond motifs is 2. The van der Waals surface area contributed by atoms with Gasteiger partial charge in [0.15, 0.2) is 17.2 Å². The number of benzene rings is 1. The average Bonchev–Trinajstić information content (AvgIpc) is 2.71. The number of rotatable bonds is 3. The zero-order chi connectivity index (χ0) is 23.4. The van der Waals surface area contributed by atoms with Crippen molar-refractivity contribution in [1.82, 2.24) is 0 Å². The Morgan fingerprint density at radius 3 is 2.19 bits per heavy atom. The van der Waals surface area contributed by atoms with E-state index in [2.05, 4.69) is 0 Å². The summed E-state index contributed by atoms with van der Waals surface area (Å²) in [5.41, 5.74) is 1.05. The Balaban J connectivity index is 1.64. The Labute approximate surface area is 185 Å². The lowest BCUT2D eigenvalue weighted by molar-refractivity contribution is -0.275. The number of hydrogen-bond acceptors (Lipinski definition) is 3. The standard InChI is InChI=1S/C26H27F3O3/c1-14-8-17-12-21-19(11-18(17)13-23(14)30)9-15(2)24(31)22(21)10-16-4-6-20(7-5-16)25(3,32)26(27,28)29/h8-9,11-13,16,20,32H,4-7,10H2,1-3H3. The van der Waals surface area contributed by atoms with E-state index in [1.165, 1.54) is 0 Å². The number of allylic oxidation sites excluding steroid dienone is 2. The second-order valence-corrected chi connectivity index (χ2v) is 9.61. The molecular weight excluding hydrogens is 417 g/mol. The van der Waals surface area contributed by atoms with Crippen molar-refractivity contribution in [3.05, 3.63) is 44.8 Å². The molecule has 0 spiro atoms. The van der Waals surface area contributed by atoms with Gasteiger partial charge in [-0.1, -0.05) is 0 Å². The molecule has 0 saturated heterocycles. The molecule has 32 heavy (non-hydrogen) atoms. The lowest BCUT2D eigenvalue weighted by Gasteiger charge is -2.39. The van der Waals surface area contributed by atoms with Crippen LogP contribution < -0.4 is 10.4 Å². The van der Waals surface area contributed by atoms with Crippen molar-refractivity contribution in [2.45, 2.75) is 64.7 Å². The van der Waals surface area contributed by atoms with Gasteiger partial charge in [-0.25, -0.2) is 0 Å². The molecule has 0 heterocycles. The van der Waals surface area contributed by atoms with Crippen molar-refractivity contribution in [2.75, 3.05) is 0 Å². The minimum atomic E-state index is -4.65. The first-order valence-corrected chi connectivity index (χ1v) is 11.0. The number of carbonyl (C=O) groups is 2. The third kappa shape index (κ3) is 3.90. The molecule has 4 rings (SSSR count). The lowest BCUT2D eigenvalue weighted by Crippen LogP contribution is -2.49. The van der Waals surface area contributed by atoms with Gasteiger partial charge in [-0.05, 0) is 128 Å². The summed E-state index contributed by atoms with van der Waals surface area (Å²) in [5, 5.41) is 11.7. The average molecular weight is 444 g/mol. The van der Waals surface area contributed by atoms with Crippen molar-refractivity contribution in [1.29, 1.82) is 0 Å². The van der Waals surface area contributed by atoms with Gasteiger partial charge in [0.1, 0.15) is 0 Å². The fourth-order valence-electron chi connectivity index (χ4n) is 5.15. The van der Waals surface area contributed by atoms with Gasteiger partial charge in [0, 0.05) is 5.57 Å². The highest BCUT2D eigenvalue weighted by atomic mass is 19.4. The molecule has 0 amide bonds. The molecule has 170 valence electrons. The van der Waals surface area contributed by atoms with Crippen molar-refractivity contribution in [2.24, 2.45) is 11.8 Å². The van der Waals surface area contributed by atoms with Crippen LogP contribution in [0.5, 0.6) is 0 Å². The Morgan fingerprint density at radius 2 is 1.56 bits per heavy atom. The molecule has 0 aromatic heterocycles. The maximum atomic E-state index is 13.2. The van der Waals surface area contributed by atoms with E-state index in [-0.39, 0.29) is 30.3 Å². The van der Waals surface area contributed by atoms with Gasteiger partial charge in [-0.3, -0.25) is 9.59 Å². The quantitative estimate of drug-likeness (QED) is 0.764. The highest BCUT2D eigenvalue weighted by molar-refractivity contribution is 6.27. The van der Waals surface area contributed by atoms with E-state index in [1.54, 1.807) is 19.9 Å². The molecule has 6 heteroatoms. The highest BCUT2D eigenvalue weighted by Crippen LogP contribution is 2.45. The smallest absolute Gasteiger partial charge is 0.380 e. The summed E-state index contributed by atoms with van der Waals surface area (Å²) in [7, 11) is 0. The van der Waals surface area contributed by atoms with Crippen molar-refractivity contribution in [3.8, 4) is 0 Å². The van der Waals surface area contributed by atoms with Crippen LogP contribution in [0.1, 0.15) is 64.0 Å². The van der Waals surface area contributed by atoms with Gasteiger partial charge in [0.2, 0.25) is 0 Å². The van der Waals surface area contributed by atoms with Crippen LogP contribution >= 0.6 is 0 Å². The fourth-order valence-corrected chi connectivity index (χ4v) is 5.15. The summed E-state index contributed by atoms with van der Waals surface area (Å²) >= 11 is 0. The van der Waals surface area contributed by atoms with Crippen LogP contribution in [0.2, 0.25) is 0 Å². The third-order valence-corrected chi connectivity index (χ3v) is 7.34. The molecule has 0 bridgehead atoms. The zero-order valence-electron chi connectivity index (χ0n) is 18.5. The van der Waals surface area contributed by atoms with Crippen LogP contribution in [0.4, 0.5) is 13.2 Å². The monoisotopic (exact) mass is 444 g/mol. The number of ketones is 2. The predicted octanol–water partition coefficient (Wildman–Crippen LogP) is 4.10. The van der Waals surface area contributed by atoms with E-state index in [9.17, 15) is 27.9 Å². The van der Waals surface area contributed by atoms with Crippen molar-refractivity contribution in [3.63, 3.8) is 0 Å². The molecule has 1 aromatic rings. The van der Waals surface area contributed by atoms with Crippen LogP contribution in [0, 0.1) is 11.8 Å². The van der Waals surface area contributed by atoms with E-state index >= 15 is 0 Å². The molecule has 1 saturated carbocycles. The summed E-state index contributed by atoms with van der Waals surface area (Å²) in [6.07, 6.45) is 2.77. The highest BCUT2D eigenvalue weighted by Gasteiger charge is 2.55. The summed E-state index contributed by atoms with van der Waals surface area (Å²) in [5.74, 6) is -0.790. The van der Waals surface area contributed by atoms with Gasteiger partial charge >= 0.3 is 6.18 Å². The number of halogens is 3. The first-order chi connectivity index (χ1) is 14.9. The lowest BCUT2D eigenvalue weighted by atomic mass is 9.71. The first kappa shape index (κ1) is 22.7. The molecule has 1 unspecified atom stereocenters. The molecule has 3 aliphatic carbocycles. The Bertz CT molecular complexity index is 1170. The molecule has 0 radical (unpaired) electrons. The fraction of sp³-hybridized carbons (Fsp3) is 0.462. The maximum absolute atomic E-state index is 13.2. The third-order valence-electron chi connectivity index (χ3n) is 7.34. The van der Waals surface area contributed by atoms with Gasteiger partial charge in [-0.2, -0.15) is 13.2 Å². The number of carbonyl (C=O) groups excluding carboxylic acids is 2. The summed E-state index contributed by atoms with van der Waals surface area (Å²) in [4.78, 5) is 25.1. The van der Waals surface area contributed by atoms with Crippen molar-refractivity contribution >= 4 is 35.4 Å². The summed E-state index contributed by atoms with van der Waals surface area (Å²) in [6.45, 7) is 4.39. The minimum Gasteiger partial charge on any atom is -0.380 e. The van der Waals surface area contributed by atoms with Crippen LogP contribution in [0.15, 0.2) is 23.3 Å². The zero-order valence-corrected chi connectivity index (χ0v) is 18.5. The second-order valence-electron chi connectivity index (χ2n) is 9.61. The molecule has 1 fully saturated rings. The van der Waals surface area contributed by atoms with Crippen LogP contribution in [-0.4, -0.2) is 28.5 Å². The van der Waals surface area contributed by atoms with E-state index in [0.717, 1.165) is 28.5 Å². The number of hydrogen-bond donors (Lipinski definition) is 1. The van der Waals surface area contributed by atoms with Gasteiger partial charge in [0.05, 0.1) is 0 Å². The van der Waals surface area contributed by atoms with Crippen molar-refractivity contribution < 1.29 is 27.9 Å². The molecule has 3 nitrogen and oxygen atoms in total. The molecule has 1 N–H and O–H groups in total. The summed E-state index contributed by atoms with van der Waals surface area (Å²) in [6, 6.07) is 3.88. The molecule has 0 aliphatic heterocycles. The van der Waals surface area contributed by atoms with E-state index < -0.39 is 17.7 Å². The van der Waals surface area contributed by atoms with E-state index in [1.807, 2.05) is 24.3 Å². The van der Waals surface area contributed by atoms with Crippen LogP contribution in [0.25, 0.3) is 23.8 Å².